The molecule has 0 fully saturated rings. The number of carbonyl (C=O) groups excluding carboxylic acids is 1. The number of hydrogen-bond donors (Lipinski definition) is 1. The standard InChI is InChI=1S/C11H15NO2/c1-2-9(12)8-11(13)14-10-6-4-3-5-7-10/h3-7,9H,2,8,12H2,1H3. The van der Waals surface area contributed by atoms with Crippen molar-refractivity contribution in [2.45, 2.75) is 25.8 Å². The summed E-state index contributed by atoms with van der Waals surface area (Å²) in [4.78, 5) is 11.3. The fraction of sp³-hybridized carbons (Fsp3) is 0.364. The number of hydrogen-bond acceptors (Lipinski definition) is 3. The van der Waals surface area contributed by atoms with Gasteiger partial charge >= 0.3 is 5.97 Å². The first-order chi connectivity index (χ1) is 6.72. The second-order valence-electron chi connectivity index (χ2n) is 3.16. The molecule has 2 N–H and O–H groups in total. The van der Waals surface area contributed by atoms with E-state index in [2.05, 4.69) is 0 Å². The molecule has 0 radical (unpaired) electrons. The second kappa shape index (κ2) is 5.40. The van der Waals surface area contributed by atoms with Crippen molar-refractivity contribution in [2.24, 2.45) is 5.73 Å². The Bertz CT molecular complexity index is 285. The number of para-hydroxylation sites is 1. The fourth-order valence-electron chi connectivity index (χ4n) is 1.02. The topological polar surface area (TPSA) is 52.3 Å². The predicted octanol–water partition coefficient (Wildman–Crippen LogP) is 1.72. The zero-order valence-corrected chi connectivity index (χ0v) is 8.27. The molecule has 1 atom stereocenters. The van der Waals surface area contributed by atoms with Gasteiger partial charge in [0.2, 0.25) is 0 Å². The number of benzene rings is 1. The van der Waals surface area contributed by atoms with Crippen LogP contribution in [-0.4, -0.2) is 12.0 Å². The number of rotatable bonds is 4. The normalized spacial score (nSPS) is 12.1. The van der Waals surface area contributed by atoms with Crippen molar-refractivity contribution >= 4 is 5.97 Å². The van der Waals surface area contributed by atoms with Crippen LogP contribution in [0.15, 0.2) is 30.3 Å². The van der Waals surface area contributed by atoms with E-state index in [1.54, 1.807) is 12.1 Å². The fourth-order valence-corrected chi connectivity index (χ4v) is 1.02. The Morgan fingerprint density at radius 1 is 1.43 bits per heavy atom. The molecule has 14 heavy (non-hydrogen) atoms. The third kappa shape index (κ3) is 3.58. The maximum atomic E-state index is 11.3. The van der Waals surface area contributed by atoms with Crippen LogP contribution in [0.3, 0.4) is 0 Å². The first-order valence-electron chi connectivity index (χ1n) is 4.73. The molecule has 76 valence electrons. The van der Waals surface area contributed by atoms with Crippen molar-refractivity contribution in [3.05, 3.63) is 30.3 Å². The highest BCUT2D eigenvalue weighted by molar-refractivity contribution is 5.72. The molecule has 3 heteroatoms. The molecular formula is C11H15NO2. The highest BCUT2D eigenvalue weighted by Crippen LogP contribution is 2.09. The molecule has 0 spiro atoms. The Morgan fingerprint density at radius 3 is 2.64 bits per heavy atom. The minimum Gasteiger partial charge on any atom is -0.426 e. The van der Waals surface area contributed by atoms with Gasteiger partial charge in [-0.15, -0.1) is 0 Å². The molecular weight excluding hydrogens is 178 g/mol. The minimum atomic E-state index is -0.273. The molecule has 0 saturated carbocycles. The molecule has 0 heterocycles. The van der Waals surface area contributed by atoms with Crippen LogP contribution >= 0.6 is 0 Å². The van der Waals surface area contributed by atoms with Gasteiger partial charge in [0.1, 0.15) is 5.75 Å². The SMILES string of the molecule is CCC(N)CC(=O)Oc1ccccc1. The summed E-state index contributed by atoms with van der Waals surface area (Å²) in [5, 5.41) is 0. The van der Waals surface area contributed by atoms with E-state index in [0.29, 0.717) is 5.75 Å². The minimum absolute atomic E-state index is 0.105. The van der Waals surface area contributed by atoms with Crippen molar-refractivity contribution < 1.29 is 9.53 Å². The van der Waals surface area contributed by atoms with E-state index < -0.39 is 0 Å². The van der Waals surface area contributed by atoms with E-state index in [9.17, 15) is 4.79 Å². The van der Waals surface area contributed by atoms with Gasteiger partial charge in [-0.25, -0.2) is 0 Å². The van der Waals surface area contributed by atoms with Gasteiger partial charge < -0.3 is 10.5 Å². The summed E-state index contributed by atoms with van der Waals surface area (Å²) >= 11 is 0. The van der Waals surface area contributed by atoms with Crippen molar-refractivity contribution in [2.75, 3.05) is 0 Å². The van der Waals surface area contributed by atoms with E-state index in [-0.39, 0.29) is 18.4 Å². The van der Waals surface area contributed by atoms with Crippen molar-refractivity contribution in [3.63, 3.8) is 0 Å². The Labute approximate surface area is 83.9 Å². The van der Waals surface area contributed by atoms with Crippen LogP contribution in [0, 0.1) is 0 Å². The molecule has 0 saturated heterocycles. The van der Waals surface area contributed by atoms with Gasteiger partial charge in [-0.1, -0.05) is 25.1 Å². The summed E-state index contributed by atoms with van der Waals surface area (Å²) in [6.45, 7) is 1.94. The Kier molecular flexibility index (Phi) is 4.13. The zero-order chi connectivity index (χ0) is 10.4. The van der Waals surface area contributed by atoms with Crippen LogP contribution in [-0.2, 0) is 4.79 Å². The lowest BCUT2D eigenvalue weighted by Crippen LogP contribution is -2.25. The molecule has 3 nitrogen and oxygen atoms in total. The predicted molar refractivity (Wildman–Crippen MR) is 55.0 cm³/mol. The smallest absolute Gasteiger partial charge is 0.312 e. The first kappa shape index (κ1) is 10.7. The van der Waals surface area contributed by atoms with E-state index in [1.165, 1.54) is 0 Å². The molecule has 0 aromatic heterocycles. The zero-order valence-electron chi connectivity index (χ0n) is 8.27. The maximum Gasteiger partial charge on any atom is 0.312 e. The molecule has 1 aromatic carbocycles. The first-order valence-corrected chi connectivity index (χ1v) is 4.73. The average molecular weight is 193 g/mol. The van der Waals surface area contributed by atoms with Gasteiger partial charge in [-0.2, -0.15) is 0 Å². The van der Waals surface area contributed by atoms with Crippen LogP contribution in [0.1, 0.15) is 19.8 Å². The summed E-state index contributed by atoms with van der Waals surface area (Å²) in [5.74, 6) is 0.298. The lowest BCUT2D eigenvalue weighted by atomic mass is 10.2. The second-order valence-corrected chi connectivity index (χ2v) is 3.16. The summed E-state index contributed by atoms with van der Waals surface area (Å²) in [6.07, 6.45) is 1.05. The summed E-state index contributed by atoms with van der Waals surface area (Å²) in [7, 11) is 0. The molecule has 0 bridgehead atoms. The van der Waals surface area contributed by atoms with E-state index >= 15 is 0 Å². The van der Waals surface area contributed by atoms with E-state index in [4.69, 9.17) is 10.5 Å². The van der Waals surface area contributed by atoms with Gasteiger partial charge in [0.15, 0.2) is 0 Å². The van der Waals surface area contributed by atoms with Crippen molar-refractivity contribution in [1.82, 2.24) is 0 Å². The molecule has 0 aliphatic heterocycles. The number of esters is 1. The van der Waals surface area contributed by atoms with Gasteiger partial charge in [-0.05, 0) is 18.6 Å². The lowest BCUT2D eigenvalue weighted by molar-refractivity contribution is -0.134. The Morgan fingerprint density at radius 2 is 2.07 bits per heavy atom. The van der Waals surface area contributed by atoms with Crippen LogP contribution < -0.4 is 10.5 Å². The van der Waals surface area contributed by atoms with Crippen LogP contribution in [0.2, 0.25) is 0 Å². The quantitative estimate of drug-likeness (QED) is 0.585. The molecule has 1 unspecified atom stereocenters. The van der Waals surface area contributed by atoms with Crippen molar-refractivity contribution in [1.29, 1.82) is 0 Å². The van der Waals surface area contributed by atoms with E-state index in [0.717, 1.165) is 6.42 Å². The van der Waals surface area contributed by atoms with Gasteiger partial charge in [0.25, 0.3) is 0 Å². The summed E-state index contributed by atoms with van der Waals surface area (Å²) in [5.41, 5.74) is 5.63. The third-order valence-electron chi connectivity index (χ3n) is 1.93. The van der Waals surface area contributed by atoms with E-state index in [1.807, 2.05) is 25.1 Å². The Hall–Kier alpha value is -1.35. The van der Waals surface area contributed by atoms with Gasteiger partial charge in [-0.3, -0.25) is 4.79 Å². The van der Waals surface area contributed by atoms with Crippen LogP contribution in [0.4, 0.5) is 0 Å². The summed E-state index contributed by atoms with van der Waals surface area (Å²) < 4.78 is 5.07. The average Bonchev–Trinajstić information content (AvgIpc) is 2.19. The Balaban J connectivity index is 2.42. The van der Waals surface area contributed by atoms with Gasteiger partial charge in [0, 0.05) is 6.04 Å². The third-order valence-corrected chi connectivity index (χ3v) is 1.93. The molecule has 0 aliphatic carbocycles. The van der Waals surface area contributed by atoms with Crippen molar-refractivity contribution in [3.8, 4) is 5.75 Å². The number of carbonyl (C=O) groups is 1. The highest BCUT2D eigenvalue weighted by atomic mass is 16.5. The molecule has 1 aromatic rings. The van der Waals surface area contributed by atoms with Gasteiger partial charge in [0.05, 0.1) is 6.42 Å². The number of ether oxygens (including phenoxy) is 1. The molecule has 0 amide bonds. The highest BCUT2D eigenvalue weighted by Gasteiger charge is 2.09. The monoisotopic (exact) mass is 193 g/mol. The largest absolute Gasteiger partial charge is 0.426 e. The number of nitrogens with two attached hydrogens (primary N) is 1. The van der Waals surface area contributed by atoms with Crippen LogP contribution in [0.25, 0.3) is 0 Å². The lowest BCUT2D eigenvalue weighted by Gasteiger charge is -2.07. The molecule has 1 rings (SSSR count). The van der Waals surface area contributed by atoms with Crippen LogP contribution in [0.5, 0.6) is 5.75 Å². The maximum absolute atomic E-state index is 11.3. The molecule has 0 aliphatic rings. The summed E-state index contributed by atoms with van der Waals surface area (Å²) in [6, 6.07) is 8.90.